The molecule has 0 heterocycles. The SMILES string of the molecule is Cc1cc(C)cc(C(C)c2cc(C)cc(C)c2)c1. The third-order valence-electron chi connectivity index (χ3n) is 3.49. The van der Waals surface area contributed by atoms with Gasteiger partial charge in [0, 0.05) is 5.92 Å². The van der Waals surface area contributed by atoms with Crippen LogP contribution in [-0.2, 0) is 0 Å². The van der Waals surface area contributed by atoms with Gasteiger partial charge in [-0.2, -0.15) is 0 Å². The predicted octanol–water partition coefficient (Wildman–Crippen LogP) is 5.07. The highest BCUT2D eigenvalue weighted by Crippen LogP contribution is 2.27. The van der Waals surface area contributed by atoms with E-state index in [0.29, 0.717) is 5.92 Å². The predicted molar refractivity (Wildman–Crippen MR) is 79.3 cm³/mol. The third-order valence-corrected chi connectivity index (χ3v) is 3.49. The molecule has 0 aliphatic rings. The number of aryl methyl sites for hydroxylation is 4. The van der Waals surface area contributed by atoms with Gasteiger partial charge in [0.15, 0.2) is 0 Å². The average molecular weight is 238 g/mol. The summed E-state index contributed by atoms with van der Waals surface area (Å²) in [6.45, 7) is 11.0. The molecule has 0 spiro atoms. The largest absolute Gasteiger partial charge is 0.0564 e. The van der Waals surface area contributed by atoms with Crippen LogP contribution in [0.2, 0.25) is 0 Å². The Labute approximate surface area is 111 Å². The fourth-order valence-electron chi connectivity index (χ4n) is 2.71. The summed E-state index contributed by atoms with van der Waals surface area (Å²) in [5.74, 6) is 0.460. The van der Waals surface area contributed by atoms with Gasteiger partial charge in [-0.15, -0.1) is 0 Å². The summed E-state index contributed by atoms with van der Waals surface area (Å²) in [5.41, 5.74) is 8.22. The van der Waals surface area contributed by atoms with E-state index >= 15 is 0 Å². The van der Waals surface area contributed by atoms with Gasteiger partial charge < -0.3 is 0 Å². The number of hydrogen-bond acceptors (Lipinski definition) is 0. The van der Waals surface area contributed by atoms with E-state index in [1.807, 2.05) is 0 Å². The first-order valence-corrected chi connectivity index (χ1v) is 6.62. The van der Waals surface area contributed by atoms with Crippen LogP contribution in [0.4, 0.5) is 0 Å². The highest BCUT2D eigenvalue weighted by Gasteiger charge is 2.10. The maximum absolute atomic E-state index is 2.30. The van der Waals surface area contributed by atoms with E-state index in [0.717, 1.165) is 0 Å². The van der Waals surface area contributed by atoms with Crippen molar-refractivity contribution in [3.63, 3.8) is 0 Å². The molecule has 0 atom stereocenters. The molecule has 0 bridgehead atoms. The lowest BCUT2D eigenvalue weighted by Crippen LogP contribution is -1.98. The zero-order valence-electron chi connectivity index (χ0n) is 12.0. The lowest BCUT2D eigenvalue weighted by Gasteiger charge is -2.15. The third kappa shape index (κ3) is 2.81. The van der Waals surface area contributed by atoms with Gasteiger partial charge in [0.05, 0.1) is 0 Å². The van der Waals surface area contributed by atoms with Gasteiger partial charge in [-0.1, -0.05) is 65.6 Å². The quantitative estimate of drug-likeness (QED) is 0.685. The number of hydrogen-bond donors (Lipinski definition) is 0. The maximum Gasteiger partial charge on any atom is 0.00614 e. The molecule has 2 rings (SSSR count). The molecule has 94 valence electrons. The molecule has 0 saturated heterocycles. The highest BCUT2D eigenvalue weighted by molar-refractivity contribution is 5.39. The Balaban J connectivity index is 2.43. The molecule has 0 saturated carbocycles. The molecule has 0 nitrogen and oxygen atoms in total. The summed E-state index contributed by atoms with van der Waals surface area (Å²) in [5, 5.41) is 0. The van der Waals surface area contributed by atoms with E-state index in [1.165, 1.54) is 33.4 Å². The molecule has 0 N–H and O–H groups in total. The lowest BCUT2D eigenvalue weighted by molar-refractivity contribution is 0.913. The van der Waals surface area contributed by atoms with Crippen molar-refractivity contribution in [3.8, 4) is 0 Å². The first-order chi connectivity index (χ1) is 8.45. The summed E-state index contributed by atoms with van der Waals surface area (Å²) in [6, 6.07) is 13.7. The smallest absolute Gasteiger partial charge is 0.00614 e. The first-order valence-electron chi connectivity index (χ1n) is 6.62. The van der Waals surface area contributed by atoms with Crippen molar-refractivity contribution in [1.82, 2.24) is 0 Å². The molecule has 2 aromatic rings. The van der Waals surface area contributed by atoms with Crippen LogP contribution in [0.25, 0.3) is 0 Å². The molecular formula is C18H22. The molecule has 0 radical (unpaired) electrons. The molecule has 0 aliphatic carbocycles. The van der Waals surface area contributed by atoms with Gasteiger partial charge >= 0.3 is 0 Å². The number of benzene rings is 2. The molecule has 2 aromatic carbocycles. The molecule has 0 aromatic heterocycles. The van der Waals surface area contributed by atoms with Crippen LogP contribution in [0.3, 0.4) is 0 Å². The molecule has 0 unspecified atom stereocenters. The van der Waals surface area contributed by atoms with Crippen molar-refractivity contribution in [2.24, 2.45) is 0 Å². The average Bonchev–Trinajstić information content (AvgIpc) is 2.25. The molecule has 0 aliphatic heterocycles. The molecule has 0 amide bonds. The van der Waals surface area contributed by atoms with E-state index in [-0.39, 0.29) is 0 Å². The summed E-state index contributed by atoms with van der Waals surface area (Å²) >= 11 is 0. The minimum atomic E-state index is 0.460. The van der Waals surface area contributed by atoms with E-state index in [1.54, 1.807) is 0 Å². The Morgan fingerprint density at radius 1 is 0.556 bits per heavy atom. The summed E-state index contributed by atoms with van der Waals surface area (Å²) in [7, 11) is 0. The molecular weight excluding hydrogens is 216 g/mol. The molecule has 0 heteroatoms. The van der Waals surface area contributed by atoms with Crippen LogP contribution >= 0.6 is 0 Å². The first kappa shape index (κ1) is 12.9. The van der Waals surface area contributed by atoms with Gasteiger partial charge in [-0.3, -0.25) is 0 Å². The Bertz CT molecular complexity index is 472. The Kier molecular flexibility index (Phi) is 3.56. The van der Waals surface area contributed by atoms with Crippen molar-refractivity contribution in [3.05, 3.63) is 69.8 Å². The molecule has 18 heavy (non-hydrogen) atoms. The highest BCUT2D eigenvalue weighted by atomic mass is 14.1. The van der Waals surface area contributed by atoms with Gasteiger partial charge in [0.25, 0.3) is 0 Å². The summed E-state index contributed by atoms with van der Waals surface area (Å²) in [6.07, 6.45) is 0. The van der Waals surface area contributed by atoms with Gasteiger partial charge in [-0.25, -0.2) is 0 Å². The fourth-order valence-corrected chi connectivity index (χ4v) is 2.71. The van der Waals surface area contributed by atoms with E-state index < -0.39 is 0 Å². The van der Waals surface area contributed by atoms with Crippen molar-refractivity contribution in [2.75, 3.05) is 0 Å². The van der Waals surface area contributed by atoms with Gasteiger partial charge in [0.1, 0.15) is 0 Å². The second kappa shape index (κ2) is 4.97. The van der Waals surface area contributed by atoms with Crippen LogP contribution in [0.15, 0.2) is 36.4 Å². The van der Waals surface area contributed by atoms with E-state index in [9.17, 15) is 0 Å². The Morgan fingerprint density at radius 2 is 0.833 bits per heavy atom. The van der Waals surface area contributed by atoms with Gasteiger partial charge in [0.2, 0.25) is 0 Å². The Hall–Kier alpha value is -1.56. The van der Waals surface area contributed by atoms with Crippen molar-refractivity contribution < 1.29 is 0 Å². The van der Waals surface area contributed by atoms with Crippen molar-refractivity contribution in [1.29, 1.82) is 0 Å². The Morgan fingerprint density at radius 3 is 1.11 bits per heavy atom. The maximum atomic E-state index is 2.30. The zero-order chi connectivity index (χ0) is 13.3. The van der Waals surface area contributed by atoms with Crippen LogP contribution in [-0.4, -0.2) is 0 Å². The fraction of sp³-hybridized carbons (Fsp3) is 0.333. The minimum Gasteiger partial charge on any atom is -0.0564 e. The normalized spacial score (nSPS) is 11.0. The van der Waals surface area contributed by atoms with E-state index in [4.69, 9.17) is 0 Å². The topological polar surface area (TPSA) is 0 Å². The number of rotatable bonds is 2. The van der Waals surface area contributed by atoms with Crippen molar-refractivity contribution in [2.45, 2.75) is 40.5 Å². The van der Waals surface area contributed by atoms with Crippen molar-refractivity contribution >= 4 is 0 Å². The lowest BCUT2D eigenvalue weighted by atomic mass is 9.89. The standard InChI is InChI=1S/C18H22/c1-12-6-13(2)9-17(8-12)16(5)18-10-14(3)7-15(4)11-18/h6-11,16H,1-5H3. The van der Waals surface area contributed by atoms with Crippen LogP contribution in [0.1, 0.15) is 46.2 Å². The van der Waals surface area contributed by atoms with Crippen LogP contribution < -0.4 is 0 Å². The minimum absolute atomic E-state index is 0.460. The summed E-state index contributed by atoms with van der Waals surface area (Å²) in [4.78, 5) is 0. The van der Waals surface area contributed by atoms with Crippen LogP contribution in [0, 0.1) is 27.7 Å². The second-order valence-electron chi connectivity index (χ2n) is 5.56. The summed E-state index contributed by atoms with van der Waals surface area (Å²) < 4.78 is 0. The molecule has 0 fully saturated rings. The van der Waals surface area contributed by atoms with E-state index in [2.05, 4.69) is 71.0 Å². The zero-order valence-corrected chi connectivity index (χ0v) is 12.0. The van der Waals surface area contributed by atoms with Crippen LogP contribution in [0.5, 0.6) is 0 Å². The monoisotopic (exact) mass is 238 g/mol. The second-order valence-corrected chi connectivity index (χ2v) is 5.56. The van der Waals surface area contributed by atoms with Gasteiger partial charge in [-0.05, 0) is 38.8 Å².